The van der Waals surface area contributed by atoms with Gasteiger partial charge in [-0.2, -0.15) is 0 Å². The normalized spacial score (nSPS) is 11.0. The Hall–Kier alpha value is -1.01. The molecule has 0 fully saturated rings. The topological polar surface area (TPSA) is 45.1 Å². The van der Waals surface area contributed by atoms with Crippen LogP contribution in [0.4, 0.5) is 5.69 Å². The summed E-state index contributed by atoms with van der Waals surface area (Å²) in [5.41, 5.74) is 3.00. The molecule has 0 aliphatic heterocycles. The molecular formula is C17H12Br2Cl2N2O. The highest BCUT2D eigenvalue weighted by atomic mass is 79.9. The van der Waals surface area contributed by atoms with Crippen LogP contribution in [0.3, 0.4) is 0 Å². The highest BCUT2D eigenvalue weighted by Gasteiger charge is 2.11. The second kappa shape index (κ2) is 7.08. The van der Waals surface area contributed by atoms with Gasteiger partial charge in [0, 0.05) is 25.6 Å². The summed E-state index contributed by atoms with van der Waals surface area (Å²) in [7, 11) is 0. The van der Waals surface area contributed by atoms with Gasteiger partial charge in [0.25, 0.3) is 0 Å². The lowest BCUT2D eigenvalue weighted by Crippen LogP contribution is -2.02. The molecule has 3 nitrogen and oxygen atoms in total. The average Bonchev–Trinajstić information content (AvgIpc) is 2.55. The third-order valence-corrected chi connectivity index (χ3v) is 5.71. The van der Waals surface area contributed by atoms with Crippen molar-refractivity contribution in [1.82, 2.24) is 4.98 Å². The fourth-order valence-electron chi connectivity index (χ4n) is 2.28. The molecule has 0 amide bonds. The maximum Gasteiger partial charge on any atom is 0.156 e. The first-order valence-corrected chi connectivity index (χ1v) is 9.37. The van der Waals surface area contributed by atoms with Crippen molar-refractivity contribution in [3.63, 3.8) is 0 Å². The van der Waals surface area contributed by atoms with Gasteiger partial charge in [0.1, 0.15) is 5.52 Å². The Morgan fingerprint density at radius 1 is 1.08 bits per heavy atom. The summed E-state index contributed by atoms with van der Waals surface area (Å²) in [5.74, 6) is 0.122. The fourth-order valence-corrected chi connectivity index (χ4v) is 4.04. The van der Waals surface area contributed by atoms with Gasteiger partial charge in [-0.05, 0) is 58.7 Å². The molecule has 3 rings (SSSR count). The number of rotatable bonds is 3. The molecule has 0 saturated carbocycles. The van der Waals surface area contributed by atoms with Gasteiger partial charge in [-0.15, -0.1) is 0 Å². The monoisotopic (exact) mass is 488 g/mol. The lowest BCUT2D eigenvalue weighted by molar-refractivity contribution is 0.477. The molecule has 0 bridgehead atoms. The molecule has 1 aromatic heterocycles. The maximum atomic E-state index is 10.2. The molecule has 1 heterocycles. The minimum Gasteiger partial charge on any atom is -0.505 e. The Bertz CT molecular complexity index is 925. The number of fused-ring (bicyclic) bond motifs is 1. The summed E-state index contributed by atoms with van der Waals surface area (Å²) >= 11 is 19.1. The minimum absolute atomic E-state index is 0.122. The summed E-state index contributed by atoms with van der Waals surface area (Å²) in [4.78, 5) is 4.54. The Morgan fingerprint density at radius 2 is 1.75 bits per heavy atom. The number of phenols is 1. The van der Waals surface area contributed by atoms with Gasteiger partial charge in [0.05, 0.1) is 16.7 Å². The Balaban J connectivity index is 1.90. The number of hydrogen-bond acceptors (Lipinski definition) is 3. The first-order chi connectivity index (χ1) is 11.4. The first kappa shape index (κ1) is 17.8. The molecule has 0 aliphatic rings. The van der Waals surface area contributed by atoms with Crippen molar-refractivity contribution in [3.05, 3.63) is 60.6 Å². The number of pyridine rings is 1. The predicted octanol–water partition coefficient (Wildman–Crippen LogP) is 6.69. The minimum atomic E-state index is 0.122. The van der Waals surface area contributed by atoms with Gasteiger partial charge in [-0.1, -0.05) is 39.1 Å². The third-order valence-electron chi connectivity index (χ3n) is 3.67. The van der Waals surface area contributed by atoms with Crippen molar-refractivity contribution in [2.45, 2.75) is 13.5 Å². The summed E-state index contributed by atoms with van der Waals surface area (Å²) in [5, 5.41) is 15.5. The quantitative estimate of drug-likeness (QED) is 0.429. The van der Waals surface area contributed by atoms with E-state index in [4.69, 9.17) is 23.2 Å². The van der Waals surface area contributed by atoms with E-state index in [1.165, 1.54) is 0 Å². The van der Waals surface area contributed by atoms with Crippen molar-refractivity contribution >= 4 is 71.7 Å². The molecule has 2 aromatic carbocycles. The number of anilines is 1. The second-order valence-electron chi connectivity index (χ2n) is 5.31. The Kier molecular flexibility index (Phi) is 5.25. The van der Waals surface area contributed by atoms with E-state index in [1.807, 2.05) is 31.2 Å². The lowest BCUT2D eigenvalue weighted by atomic mass is 10.2. The summed E-state index contributed by atoms with van der Waals surface area (Å²) in [6, 6.07) is 9.28. The number of hydrogen-bond donors (Lipinski definition) is 2. The van der Waals surface area contributed by atoms with Crippen molar-refractivity contribution < 1.29 is 5.11 Å². The van der Waals surface area contributed by atoms with Crippen LogP contribution in [-0.2, 0) is 6.54 Å². The Labute approximate surface area is 166 Å². The summed E-state index contributed by atoms with van der Waals surface area (Å²) < 4.78 is 1.46. The van der Waals surface area contributed by atoms with Gasteiger partial charge in [-0.25, -0.2) is 4.98 Å². The van der Waals surface area contributed by atoms with Crippen molar-refractivity contribution in [3.8, 4) is 5.75 Å². The first-order valence-electron chi connectivity index (χ1n) is 7.03. The van der Waals surface area contributed by atoms with Crippen LogP contribution in [0.1, 0.15) is 11.3 Å². The van der Waals surface area contributed by atoms with E-state index < -0.39 is 0 Å². The van der Waals surface area contributed by atoms with Crippen LogP contribution < -0.4 is 5.32 Å². The van der Waals surface area contributed by atoms with Crippen molar-refractivity contribution in [1.29, 1.82) is 0 Å². The fraction of sp³-hybridized carbons (Fsp3) is 0.118. The van der Waals surface area contributed by atoms with Gasteiger partial charge < -0.3 is 10.4 Å². The van der Waals surface area contributed by atoms with Crippen LogP contribution in [-0.4, -0.2) is 10.1 Å². The Morgan fingerprint density at radius 3 is 2.42 bits per heavy atom. The summed E-state index contributed by atoms with van der Waals surface area (Å²) in [6.07, 6.45) is 0. The third kappa shape index (κ3) is 3.49. The number of aromatic nitrogens is 1. The van der Waals surface area contributed by atoms with E-state index in [9.17, 15) is 5.11 Å². The molecular weight excluding hydrogens is 479 g/mol. The molecule has 0 radical (unpaired) electrons. The molecule has 3 aromatic rings. The van der Waals surface area contributed by atoms with Crippen LogP contribution in [0.15, 0.2) is 39.3 Å². The number of nitrogens with zero attached hydrogens (tertiary/aromatic N) is 1. The standard InChI is InChI=1S/C17H12Br2Cl2N2O/c1-8-14(20)4-10(5-15(8)21)22-7-9-2-3-11-12(18)6-13(19)17(24)16(11)23-9/h2-6,22,24H,7H2,1H3. The van der Waals surface area contributed by atoms with Crippen LogP contribution in [0.25, 0.3) is 10.9 Å². The zero-order valence-electron chi connectivity index (χ0n) is 12.5. The van der Waals surface area contributed by atoms with Crippen LogP contribution in [0, 0.1) is 6.92 Å². The van der Waals surface area contributed by atoms with Crippen LogP contribution in [0.5, 0.6) is 5.75 Å². The second-order valence-corrected chi connectivity index (χ2v) is 7.83. The average molecular weight is 491 g/mol. The number of phenolic OH excluding ortho intramolecular Hbond substituents is 1. The molecule has 7 heteroatoms. The van der Waals surface area contributed by atoms with E-state index in [1.54, 1.807) is 6.07 Å². The molecule has 0 unspecified atom stereocenters. The summed E-state index contributed by atoms with van der Waals surface area (Å²) in [6.45, 7) is 2.35. The molecule has 0 aliphatic carbocycles. The van der Waals surface area contributed by atoms with Crippen molar-refractivity contribution in [2.75, 3.05) is 5.32 Å². The predicted molar refractivity (Wildman–Crippen MR) is 107 cm³/mol. The van der Waals surface area contributed by atoms with Crippen LogP contribution in [0.2, 0.25) is 10.0 Å². The zero-order chi connectivity index (χ0) is 17.4. The number of nitrogens with one attached hydrogen (secondary N) is 1. The van der Waals surface area contributed by atoms with E-state index in [-0.39, 0.29) is 5.75 Å². The SMILES string of the molecule is Cc1c(Cl)cc(NCc2ccc3c(Br)cc(Br)c(O)c3n2)cc1Cl. The van der Waals surface area contributed by atoms with Crippen molar-refractivity contribution in [2.24, 2.45) is 0 Å². The van der Waals surface area contributed by atoms with E-state index >= 15 is 0 Å². The lowest BCUT2D eigenvalue weighted by Gasteiger charge is -2.11. The molecule has 124 valence electrons. The van der Waals surface area contributed by atoms with Crippen LogP contribution >= 0.6 is 55.1 Å². The smallest absolute Gasteiger partial charge is 0.156 e. The highest BCUT2D eigenvalue weighted by Crippen LogP contribution is 2.36. The molecule has 0 atom stereocenters. The zero-order valence-corrected chi connectivity index (χ0v) is 17.2. The highest BCUT2D eigenvalue weighted by molar-refractivity contribution is 9.11. The van der Waals surface area contributed by atoms with E-state index in [0.717, 1.165) is 26.8 Å². The van der Waals surface area contributed by atoms with E-state index in [2.05, 4.69) is 42.2 Å². The molecule has 0 saturated heterocycles. The van der Waals surface area contributed by atoms with Gasteiger partial charge >= 0.3 is 0 Å². The molecule has 0 spiro atoms. The number of halogens is 4. The number of aromatic hydroxyl groups is 1. The van der Waals surface area contributed by atoms with Gasteiger partial charge in [-0.3, -0.25) is 0 Å². The van der Waals surface area contributed by atoms with E-state index in [0.29, 0.717) is 26.6 Å². The molecule has 24 heavy (non-hydrogen) atoms. The maximum absolute atomic E-state index is 10.2. The number of benzene rings is 2. The largest absolute Gasteiger partial charge is 0.505 e. The molecule has 2 N–H and O–H groups in total. The van der Waals surface area contributed by atoms with Gasteiger partial charge in [0.2, 0.25) is 0 Å². The van der Waals surface area contributed by atoms with Gasteiger partial charge in [0.15, 0.2) is 5.75 Å².